The number of hydrogen-bond donors (Lipinski definition) is 1. The highest BCUT2D eigenvalue weighted by Gasteiger charge is 2.20. The van der Waals surface area contributed by atoms with Crippen LogP contribution in [-0.2, 0) is 19.5 Å². The Morgan fingerprint density at radius 3 is 3.19 bits per heavy atom. The van der Waals surface area contributed by atoms with Gasteiger partial charge in [-0.15, -0.1) is 11.3 Å². The molecule has 1 N–H and O–H groups in total. The molecule has 1 aromatic heterocycles. The Morgan fingerprint density at radius 1 is 1.43 bits per heavy atom. The maximum Gasteiger partial charge on any atom is 0.125 e. The van der Waals surface area contributed by atoms with Crippen molar-refractivity contribution in [2.75, 3.05) is 18.0 Å². The molecule has 2 heterocycles. The van der Waals surface area contributed by atoms with Crippen LogP contribution >= 0.6 is 11.3 Å². The van der Waals surface area contributed by atoms with Gasteiger partial charge in [-0.05, 0) is 37.1 Å². The molecule has 0 saturated carbocycles. The third kappa shape index (κ3) is 3.41. The van der Waals surface area contributed by atoms with E-state index in [9.17, 15) is 4.39 Å². The molecule has 3 rings (SSSR count). The van der Waals surface area contributed by atoms with Crippen molar-refractivity contribution < 1.29 is 4.39 Å². The number of anilines is 1. The molecule has 21 heavy (non-hydrogen) atoms. The van der Waals surface area contributed by atoms with E-state index in [2.05, 4.69) is 27.5 Å². The number of nitrogens with one attached hydrogen (secondary N) is 1. The van der Waals surface area contributed by atoms with Crippen LogP contribution in [0.25, 0.3) is 0 Å². The van der Waals surface area contributed by atoms with Gasteiger partial charge in [-0.1, -0.05) is 13.0 Å². The number of rotatable bonds is 6. The standard InChI is InChI=1S/C16H20FN3S/c1-2-6-18-9-16-19-14(11-21-16)10-20-7-5-12-3-4-13(17)8-15(12)20/h3-4,8,11,18H,2,5-7,9-10H2,1H3. The molecular formula is C16H20FN3S. The normalized spacial score (nSPS) is 13.7. The average molecular weight is 305 g/mol. The van der Waals surface area contributed by atoms with E-state index < -0.39 is 0 Å². The van der Waals surface area contributed by atoms with Crippen molar-refractivity contribution in [2.24, 2.45) is 0 Å². The van der Waals surface area contributed by atoms with E-state index in [0.717, 1.165) is 55.4 Å². The quantitative estimate of drug-likeness (QED) is 0.830. The molecule has 0 atom stereocenters. The lowest BCUT2D eigenvalue weighted by Gasteiger charge is -2.18. The number of nitrogens with zero attached hydrogens (tertiary/aromatic N) is 2. The van der Waals surface area contributed by atoms with Gasteiger partial charge in [0.05, 0.1) is 12.2 Å². The predicted molar refractivity (Wildman–Crippen MR) is 85.3 cm³/mol. The molecule has 3 nitrogen and oxygen atoms in total. The van der Waals surface area contributed by atoms with Crippen LogP contribution in [0.15, 0.2) is 23.6 Å². The van der Waals surface area contributed by atoms with Gasteiger partial charge in [-0.3, -0.25) is 0 Å². The van der Waals surface area contributed by atoms with E-state index in [1.165, 1.54) is 5.56 Å². The van der Waals surface area contributed by atoms with Crippen molar-refractivity contribution in [3.8, 4) is 0 Å². The molecule has 1 aliphatic heterocycles. The molecule has 5 heteroatoms. The topological polar surface area (TPSA) is 28.2 Å². The summed E-state index contributed by atoms with van der Waals surface area (Å²) in [5, 5.41) is 6.60. The molecule has 0 saturated heterocycles. The van der Waals surface area contributed by atoms with Crippen LogP contribution in [0.2, 0.25) is 0 Å². The highest BCUT2D eigenvalue weighted by Crippen LogP contribution is 2.30. The summed E-state index contributed by atoms with van der Waals surface area (Å²) in [6.07, 6.45) is 2.12. The maximum absolute atomic E-state index is 13.4. The zero-order valence-electron chi connectivity index (χ0n) is 12.2. The van der Waals surface area contributed by atoms with Gasteiger partial charge in [-0.2, -0.15) is 0 Å². The van der Waals surface area contributed by atoms with Crippen molar-refractivity contribution >= 4 is 17.0 Å². The van der Waals surface area contributed by atoms with Crippen molar-refractivity contribution in [2.45, 2.75) is 32.9 Å². The van der Waals surface area contributed by atoms with Gasteiger partial charge in [-0.25, -0.2) is 9.37 Å². The van der Waals surface area contributed by atoms with Gasteiger partial charge in [0.15, 0.2) is 0 Å². The minimum absolute atomic E-state index is 0.164. The first-order chi connectivity index (χ1) is 10.3. The Labute approximate surface area is 128 Å². The van der Waals surface area contributed by atoms with Crippen molar-refractivity contribution in [3.05, 3.63) is 45.7 Å². The van der Waals surface area contributed by atoms with Gasteiger partial charge < -0.3 is 10.2 Å². The number of halogens is 1. The average Bonchev–Trinajstić information content (AvgIpc) is 3.07. The Hall–Kier alpha value is -1.46. The van der Waals surface area contributed by atoms with Crippen molar-refractivity contribution in [1.29, 1.82) is 0 Å². The van der Waals surface area contributed by atoms with Crippen LogP contribution < -0.4 is 10.2 Å². The summed E-state index contributed by atoms with van der Waals surface area (Å²) in [5.41, 5.74) is 3.33. The highest BCUT2D eigenvalue weighted by atomic mass is 32.1. The molecular weight excluding hydrogens is 285 g/mol. The van der Waals surface area contributed by atoms with Crippen LogP contribution in [0.3, 0.4) is 0 Å². The number of aromatic nitrogens is 1. The van der Waals surface area contributed by atoms with Crippen LogP contribution in [0.4, 0.5) is 10.1 Å². The minimum atomic E-state index is -0.164. The molecule has 1 aromatic carbocycles. The molecule has 0 amide bonds. The third-order valence-corrected chi connectivity index (χ3v) is 4.59. The molecule has 0 aliphatic carbocycles. The molecule has 0 bridgehead atoms. The Morgan fingerprint density at radius 2 is 2.33 bits per heavy atom. The number of fused-ring (bicyclic) bond motifs is 1. The first-order valence-electron chi connectivity index (χ1n) is 7.43. The summed E-state index contributed by atoms with van der Waals surface area (Å²) in [6, 6.07) is 5.08. The van der Waals surface area contributed by atoms with Gasteiger partial charge in [0.25, 0.3) is 0 Å². The van der Waals surface area contributed by atoms with Crippen molar-refractivity contribution in [3.63, 3.8) is 0 Å². The van der Waals surface area contributed by atoms with Gasteiger partial charge in [0, 0.05) is 24.2 Å². The fourth-order valence-electron chi connectivity index (χ4n) is 2.65. The SMILES string of the molecule is CCCNCc1nc(CN2CCc3ccc(F)cc32)cs1. The largest absolute Gasteiger partial charge is 0.365 e. The lowest BCUT2D eigenvalue weighted by atomic mass is 10.2. The summed E-state index contributed by atoms with van der Waals surface area (Å²) in [7, 11) is 0. The molecule has 2 aromatic rings. The van der Waals surface area contributed by atoms with E-state index in [0.29, 0.717) is 0 Å². The fourth-order valence-corrected chi connectivity index (χ4v) is 3.41. The fraction of sp³-hybridized carbons (Fsp3) is 0.438. The lowest BCUT2D eigenvalue weighted by molar-refractivity contribution is 0.627. The Kier molecular flexibility index (Phi) is 4.51. The lowest BCUT2D eigenvalue weighted by Crippen LogP contribution is -2.20. The van der Waals surface area contributed by atoms with E-state index in [4.69, 9.17) is 0 Å². The summed E-state index contributed by atoms with van der Waals surface area (Å²) in [5.74, 6) is -0.164. The van der Waals surface area contributed by atoms with Crippen molar-refractivity contribution in [1.82, 2.24) is 10.3 Å². The molecule has 0 unspecified atom stereocenters. The van der Waals surface area contributed by atoms with E-state index in [1.807, 2.05) is 6.07 Å². The van der Waals surface area contributed by atoms with Crippen LogP contribution in [0.1, 0.15) is 29.6 Å². The zero-order chi connectivity index (χ0) is 14.7. The summed E-state index contributed by atoms with van der Waals surface area (Å²) in [4.78, 5) is 6.88. The summed E-state index contributed by atoms with van der Waals surface area (Å²) in [6.45, 7) is 5.72. The summed E-state index contributed by atoms with van der Waals surface area (Å²) >= 11 is 1.69. The molecule has 1 aliphatic rings. The monoisotopic (exact) mass is 305 g/mol. The number of hydrogen-bond acceptors (Lipinski definition) is 4. The van der Waals surface area contributed by atoms with E-state index >= 15 is 0 Å². The van der Waals surface area contributed by atoms with E-state index in [1.54, 1.807) is 23.5 Å². The van der Waals surface area contributed by atoms with Crippen LogP contribution in [0.5, 0.6) is 0 Å². The second-order valence-corrected chi connectivity index (χ2v) is 6.30. The predicted octanol–water partition coefficient (Wildman–Crippen LogP) is 3.34. The highest BCUT2D eigenvalue weighted by molar-refractivity contribution is 7.09. The maximum atomic E-state index is 13.4. The molecule has 112 valence electrons. The molecule has 0 radical (unpaired) electrons. The zero-order valence-corrected chi connectivity index (χ0v) is 13.0. The first-order valence-corrected chi connectivity index (χ1v) is 8.31. The van der Waals surface area contributed by atoms with Crippen LogP contribution in [0, 0.1) is 5.82 Å². The van der Waals surface area contributed by atoms with Gasteiger partial charge in [0.1, 0.15) is 10.8 Å². The molecule has 0 fully saturated rings. The Balaban J connectivity index is 1.64. The summed E-state index contributed by atoms with van der Waals surface area (Å²) < 4.78 is 13.4. The number of benzene rings is 1. The molecule has 0 spiro atoms. The number of thiazole rings is 1. The van der Waals surface area contributed by atoms with Gasteiger partial charge >= 0.3 is 0 Å². The second-order valence-electron chi connectivity index (χ2n) is 5.35. The second kappa shape index (κ2) is 6.54. The van der Waals surface area contributed by atoms with Gasteiger partial charge in [0.2, 0.25) is 0 Å². The first kappa shape index (κ1) is 14.5. The third-order valence-electron chi connectivity index (χ3n) is 3.69. The Bertz CT molecular complexity index is 611. The minimum Gasteiger partial charge on any atom is -0.365 e. The van der Waals surface area contributed by atoms with Crippen LogP contribution in [-0.4, -0.2) is 18.1 Å². The smallest absolute Gasteiger partial charge is 0.125 e. The van der Waals surface area contributed by atoms with E-state index in [-0.39, 0.29) is 5.82 Å².